The van der Waals surface area contributed by atoms with Crippen molar-refractivity contribution in [2.45, 2.75) is 52.3 Å². The minimum absolute atomic E-state index is 0.0527. The third-order valence-electron chi connectivity index (χ3n) is 5.15. The van der Waals surface area contributed by atoms with Gasteiger partial charge in [0.05, 0.1) is 12.2 Å². The number of aliphatic hydroxyl groups excluding tert-OH is 1. The molecule has 28 heavy (non-hydrogen) atoms. The van der Waals surface area contributed by atoms with Gasteiger partial charge >= 0.3 is 6.18 Å². The summed E-state index contributed by atoms with van der Waals surface area (Å²) in [5.74, 6) is -0.576. The number of hydrogen-bond donors (Lipinski definition) is 1. The molecule has 0 fully saturated rings. The van der Waals surface area contributed by atoms with Crippen LogP contribution < -0.4 is 0 Å². The maximum atomic E-state index is 13.0. The molecule has 0 spiro atoms. The number of aliphatic hydroxyl groups is 1. The zero-order valence-electron chi connectivity index (χ0n) is 16.2. The molecular formula is C20H24F3N3O2. The molecule has 2 aromatic rings. The van der Waals surface area contributed by atoms with E-state index >= 15 is 0 Å². The molecule has 1 aromatic carbocycles. The van der Waals surface area contributed by atoms with Crippen molar-refractivity contribution in [3.8, 4) is 5.69 Å². The van der Waals surface area contributed by atoms with Gasteiger partial charge in [-0.25, -0.2) is 4.68 Å². The number of carbonyl (C=O) groups excluding carboxylic acids is 1. The average Bonchev–Trinajstić information content (AvgIpc) is 3.21. The Morgan fingerprint density at radius 2 is 2.04 bits per heavy atom. The summed E-state index contributed by atoms with van der Waals surface area (Å²) < 4.78 is 39.9. The van der Waals surface area contributed by atoms with Crippen molar-refractivity contribution in [2.75, 3.05) is 13.1 Å². The number of alkyl halides is 3. The highest BCUT2D eigenvalue weighted by Crippen LogP contribution is 2.30. The summed E-state index contributed by atoms with van der Waals surface area (Å²) in [5.41, 5.74) is 4.90. The fourth-order valence-corrected chi connectivity index (χ4v) is 3.67. The highest BCUT2D eigenvalue weighted by Gasteiger charge is 2.40. The van der Waals surface area contributed by atoms with Gasteiger partial charge in [0.15, 0.2) is 11.8 Å². The Kier molecular flexibility index (Phi) is 5.52. The Bertz CT molecular complexity index is 890. The summed E-state index contributed by atoms with van der Waals surface area (Å²) in [4.78, 5) is 14.0. The quantitative estimate of drug-likeness (QED) is 0.845. The van der Waals surface area contributed by atoms with E-state index in [9.17, 15) is 23.1 Å². The SMILES string of the molecule is CCN(CC(O)C(F)(F)F)C(=O)c1nn(-c2ccc(C)cc2C)c2c1CCC2. The molecule has 152 valence electrons. The number of rotatable bonds is 5. The Hall–Kier alpha value is -2.35. The van der Waals surface area contributed by atoms with Gasteiger partial charge in [-0.2, -0.15) is 18.3 Å². The van der Waals surface area contributed by atoms with Crippen LogP contribution in [0.15, 0.2) is 18.2 Å². The summed E-state index contributed by atoms with van der Waals surface area (Å²) in [6.07, 6.45) is -5.05. The summed E-state index contributed by atoms with van der Waals surface area (Å²) >= 11 is 0. The average molecular weight is 395 g/mol. The van der Waals surface area contributed by atoms with Crippen molar-refractivity contribution in [2.24, 2.45) is 0 Å². The van der Waals surface area contributed by atoms with Crippen LogP contribution in [0.4, 0.5) is 13.2 Å². The molecule has 0 aliphatic heterocycles. The molecular weight excluding hydrogens is 371 g/mol. The van der Waals surface area contributed by atoms with Crippen LogP contribution in [-0.4, -0.2) is 51.1 Å². The number of benzene rings is 1. The van der Waals surface area contributed by atoms with Crippen LogP contribution >= 0.6 is 0 Å². The number of halogens is 3. The smallest absolute Gasteiger partial charge is 0.382 e. The third-order valence-corrected chi connectivity index (χ3v) is 5.15. The van der Waals surface area contributed by atoms with E-state index in [4.69, 9.17) is 0 Å². The number of nitrogens with zero attached hydrogens (tertiary/aromatic N) is 3. The van der Waals surface area contributed by atoms with Crippen LogP contribution in [0.1, 0.15) is 46.2 Å². The lowest BCUT2D eigenvalue weighted by Crippen LogP contribution is -2.44. The fraction of sp³-hybridized carbons (Fsp3) is 0.500. The van der Waals surface area contributed by atoms with E-state index in [0.717, 1.165) is 45.8 Å². The second-order valence-electron chi connectivity index (χ2n) is 7.23. The van der Waals surface area contributed by atoms with Gasteiger partial charge in [-0.05, 0) is 51.7 Å². The van der Waals surface area contributed by atoms with Crippen LogP contribution in [0, 0.1) is 13.8 Å². The molecule has 1 heterocycles. The molecule has 1 aliphatic rings. The van der Waals surface area contributed by atoms with Crippen LogP contribution in [0.25, 0.3) is 5.69 Å². The van der Waals surface area contributed by atoms with E-state index in [1.165, 1.54) is 0 Å². The van der Waals surface area contributed by atoms with Gasteiger partial charge in [-0.3, -0.25) is 4.79 Å². The maximum absolute atomic E-state index is 13.0. The second kappa shape index (κ2) is 7.58. The Morgan fingerprint density at radius 3 is 2.64 bits per heavy atom. The summed E-state index contributed by atoms with van der Waals surface area (Å²) in [6.45, 7) is 4.79. The summed E-state index contributed by atoms with van der Waals surface area (Å²) in [6, 6.07) is 5.93. The van der Waals surface area contributed by atoms with E-state index in [2.05, 4.69) is 5.10 Å². The normalized spacial score (nSPS) is 14.8. The maximum Gasteiger partial charge on any atom is 0.416 e. The molecule has 0 radical (unpaired) electrons. The predicted octanol–water partition coefficient (Wildman–Crippen LogP) is 3.36. The Morgan fingerprint density at radius 1 is 1.32 bits per heavy atom. The number of carbonyl (C=O) groups is 1. The number of amides is 1. The number of fused-ring (bicyclic) bond motifs is 1. The topological polar surface area (TPSA) is 58.4 Å². The zero-order chi connectivity index (χ0) is 20.6. The number of aryl methyl sites for hydroxylation is 2. The van der Waals surface area contributed by atoms with Crippen molar-refractivity contribution in [1.82, 2.24) is 14.7 Å². The van der Waals surface area contributed by atoms with Gasteiger partial charge in [0, 0.05) is 17.8 Å². The lowest BCUT2D eigenvalue weighted by Gasteiger charge is -2.24. The Labute approximate surface area is 161 Å². The molecule has 3 rings (SSSR count). The van der Waals surface area contributed by atoms with Gasteiger partial charge in [-0.15, -0.1) is 0 Å². The second-order valence-corrected chi connectivity index (χ2v) is 7.23. The van der Waals surface area contributed by atoms with E-state index < -0.39 is 24.7 Å². The zero-order valence-corrected chi connectivity index (χ0v) is 16.2. The highest BCUT2D eigenvalue weighted by atomic mass is 19.4. The molecule has 1 atom stereocenters. The van der Waals surface area contributed by atoms with Gasteiger partial charge in [-0.1, -0.05) is 17.7 Å². The van der Waals surface area contributed by atoms with Gasteiger partial charge in [0.2, 0.25) is 0 Å². The Balaban J connectivity index is 1.97. The van der Waals surface area contributed by atoms with Crippen LogP contribution in [0.3, 0.4) is 0 Å². The minimum Gasteiger partial charge on any atom is -0.382 e. The van der Waals surface area contributed by atoms with Gasteiger partial charge < -0.3 is 10.0 Å². The molecule has 1 N–H and O–H groups in total. The van der Waals surface area contributed by atoms with E-state index in [1.54, 1.807) is 11.6 Å². The van der Waals surface area contributed by atoms with E-state index in [-0.39, 0.29) is 12.2 Å². The molecule has 8 heteroatoms. The van der Waals surface area contributed by atoms with Gasteiger partial charge in [0.25, 0.3) is 5.91 Å². The summed E-state index contributed by atoms with van der Waals surface area (Å²) in [7, 11) is 0. The van der Waals surface area contributed by atoms with Gasteiger partial charge in [0.1, 0.15) is 0 Å². The van der Waals surface area contributed by atoms with Crippen LogP contribution in [-0.2, 0) is 12.8 Å². The predicted molar refractivity (Wildman–Crippen MR) is 98.7 cm³/mol. The first kappa shape index (κ1) is 20.4. The lowest BCUT2D eigenvalue weighted by atomic mass is 10.1. The lowest BCUT2D eigenvalue weighted by molar-refractivity contribution is -0.206. The van der Waals surface area contributed by atoms with Crippen molar-refractivity contribution in [3.63, 3.8) is 0 Å². The standard InChI is InChI=1S/C20H24F3N3O2/c1-4-25(11-17(27)20(21,22)23)19(28)18-14-6-5-7-16(14)26(24-18)15-9-8-12(2)10-13(15)3/h8-10,17,27H,4-7,11H2,1-3H3. The molecule has 1 unspecified atom stereocenters. The first-order valence-corrected chi connectivity index (χ1v) is 9.36. The number of hydrogen-bond acceptors (Lipinski definition) is 3. The van der Waals surface area contributed by atoms with Crippen molar-refractivity contribution in [1.29, 1.82) is 0 Å². The van der Waals surface area contributed by atoms with Crippen LogP contribution in [0.5, 0.6) is 0 Å². The van der Waals surface area contributed by atoms with E-state index in [0.29, 0.717) is 6.42 Å². The molecule has 5 nitrogen and oxygen atoms in total. The fourth-order valence-electron chi connectivity index (χ4n) is 3.67. The molecule has 1 amide bonds. The van der Waals surface area contributed by atoms with Crippen LogP contribution in [0.2, 0.25) is 0 Å². The molecule has 0 bridgehead atoms. The molecule has 0 saturated heterocycles. The molecule has 1 aromatic heterocycles. The number of likely N-dealkylation sites (N-methyl/N-ethyl adjacent to an activating group) is 1. The monoisotopic (exact) mass is 395 g/mol. The largest absolute Gasteiger partial charge is 0.416 e. The minimum atomic E-state index is -4.77. The first-order valence-electron chi connectivity index (χ1n) is 9.36. The third kappa shape index (κ3) is 3.78. The molecule has 0 saturated carbocycles. The molecule has 1 aliphatic carbocycles. The highest BCUT2D eigenvalue weighted by molar-refractivity contribution is 5.94. The first-order chi connectivity index (χ1) is 13.1. The van der Waals surface area contributed by atoms with Crippen molar-refractivity contribution < 1.29 is 23.1 Å². The van der Waals surface area contributed by atoms with Crippen molar-refractivity contribution in [3.05, 3.63) is 46.3 Å². The van der Waals surface area contributed by atoms with E-state index in [1.807, 2.05) is 32.0 Å². The number of aromatic nitrogens is 2. The van der Waals surface area contributed by atoms with Crippen molar-refractivity contribution >= 4 is 5.91 Å². The summed E-state index contributed by atoms with van der Waals surface area (Å²) in [5, 5.41) is 13.9.